The van der Waals surface area contributed by atoms with Crippen molar-refractivity contribution in [3.05, 3.63) is 52.7 Å². The first kappa shape index (κ1) is 12.6. The lowest BCUT2D eigenvalue weighted by Crippen LogP contribution is -2.24. The molecule has 4 nitrogen and oxygen atoms in total. The van der Waals surface area contributed by atoms with Crippen molar-refractivity contribution < 1.29 is 9.21 Å². The fourth-order valence-electron chi connectivity index (χ4n) is 1.55. The van der Waals surface area contributed by atoms with Crippen molar-refractivity contribution in [1.29, 1.82) is 0 Å². The molecule has 2 aromatic rings. The highest BCUT2D eigenvalue weighted by Gasteiger charge is 2.06. The first-order valence-electron chi connectivity index (χ1n) is 5.56. The summed E-state index contributed by atoms with van der Waals surface area (Å²) in [7, 11) is 0. The van der Waals surface area contributed by atoms with Gasteiger partial charge >= 0.3 is 0 Å². The number of halogens is 1. The molecule has 0 saturated carbocycles. The van der Waals surface area contributed by atoms with Crippen LogP contribution in [0.5, 0.6) is 0 Å². The summed E-state index contributed by atoms with van der Waals surface area (Å²) in [4.78, 5) is 15.7. The molecule has 0 saturated heterocycles. The Morgan fingerprint density at radius 3 is 3.00 bits per heavy atom. The monoisotopic (exact) mass is 264 g/mol. The van der Waals surface area contributed by atoms with E-state index in [0.29, 0.717) is 23.9 Å². The molecule has 0 unspecified atom stereocenters. The van der Waals surface area contributed by atoms with Crippen LogP contribution in [0.15, 0.2) is 34.9 Å². The molecule has 0 radical (unpaired) electrons. The molecule has 0 aliphatic heterocycles. The third-order valence-corrected chi connectivity index (χ3v) is 2.59. The molecule has 1 heterocycles. The van der Waals surface area contributed by atoms with Crippen molar-refractivity contribution in [2.45, 2.75) is 19.9 Å². The van der Waals surface area contributed by atoms with E-state index in [1.54, 1.807) is 18.3 Å². The summed E-state index contributed by atoms with van der Waals surface area (Å²) < 4.78 is 5.26. The van der Waals surface area contributed by atoms with Gasteiger partial charge in [0, 0.05) is 5.02 Å². The second-order valence-electron chi connectivity index (χ2n) is 3.95. The Hall–Kier alpha value is -1.81. The number of nitrogens with one attached hydrogen (secondary N) is 1. The van der Waals surface area contributed by atoms with E-state index in [1.807, 2.05) is 19.1 Å². The predicted molar refractivity (Wildman–Crippen MR) is 68.2 cm³/mol. The summed E-state index contributed by atoms with van der Waals surface area (Å²) in [6, 6.07) is 7.23. The molecule has 2 rings (SSSR count). The lowest BCUT2D eigenvalue weighted by molar-refractivity contribution is -0.120. The second-order valence-corrected chi connectivity index (χ2v) is 4.38. The molecule has 94 valence electrons. The van der Waals surface area contributed by atoms with E-state index < -0.39 is 0 Å². The summed E-state index contributed by atoms with van der Waals surface area (Å²) >= 11 is 5.85. The van der Waals surface area contributed by atoms with E-state index in [0.717, 1.165) is 11.3 Å². The quantitative estimate of drug-likeness (QED) is 0.923. The molecule has 18 heavy (non-hydrogen) atoms. The molecule has 0 aliphatic rings. The van der Waals surface area contributed by atoms with Crippen LogP contribution in [-0.4, -0.2) is 10.9 Å². The minimum Gasteiger partial charge on any atom is -0.444 e. The molecule has 0 bridgehead atoms. The number of rotatable bonds is 4. The number of carbonyl (C=O) groups excluding carboxylic acids is 1. The summed E-state index contributed by atoms with van der Waals surface area (Å²) in [5.41, 5.74) is 0.878. The van der Waals surface area contributed by atoms with E-state index in [-0.39, 0.29) is 5.91 Å². The van der Waals surface area contributed by atoms with Crippen LogP contribution in [-0.2, 0) is 17.8 Å². The van der Waals surface area contributed by atoms with Gasteiger partial charge in [-0.1, -0.05) is 23.7 Å². The molecule has 1 N–H and O–H groups in total. The van der Waals surface area contributed by atoms with Gasteiger partial charge in [-0.2, -0.15) is 0 Å². The van der Waals surface area contributed by atoms with E-state index >= 15 is 0 Å². The highest BCUT2D eigenvalue weighted by molar-refractivity contribution is 6.30. The van der Waals surface area contributed by atoms with Crippen LogP contribution < -0.4 is 5.32 Å². The lowest BCUT2D eigenvalue weighted by Gasteiger charge is -2.03. The molecule has 1 aromatic heterocycles. The van der Waals surface area contributed by atoms with Crippen molar-refractivity contribution in [2.24, 2.45) is 0 Å². The van der Waals surface area contributed by atoms with Crippen LogP contribution in [0.3, 0.4) is 0 Å². The Morgan fingerprint density at radius 1 is 1.50 bits per heavy atom. The number of aryl methyl sites for hydroxylation is 1. The number of aromatic nitrogens is 1. The van der Waals surface area contributed by atoms with Gasteiger partial charge in [-0.3, -0.25) is 4.79 Å². The Morgan fingerprint density at radius 2 is 2.33 bits per heavy atom. The van der Waals surface area contributed by atoms with Gasteiger partial charge in [0.1, 0.15) is 5.76 Å². The Labute approximate surface area is 110 Å². The molecule has 1 aromatic carbocycles. The SMILES string of the molecule is Cc1cnc(CNC(=O)Cc2cccc(Cl)c2)o1. The van der Waals surface area contributed by atoms with Crippen molar-refractivity contribution >= 4 is 17.5 Å². The summed E-state index contributed by atoms with van der Waals surface area (Å²) in [5, 5.41) is 3.37. The summed E-state index contributed by atoms with van der Waals surface area (Å²) in [5.74, 6) is 1.15. The highest BCUT2D eigenvalue weighted by atomic mass is 35.5. The first-order valence-corrected chi connectivity index (χ1v) is 5.94. The average Bonchev–Trinajstić information content (AvgIpc) is 2.73. The highest BCUT2D eigenvalue weighted by Crippen LogP contribution is 2.11. The Balaban J connectivity index is 1.85. The number of hydrogen-bond donors (Lipinski definition) is 1. The zero-order chi connectivity index (χ0) is 13.0. The molecule has 1 amide bonds. The molecule has 0 spiro atoms. The predicted octanol–water partition coefficient (Wildman–Crippen LogP) is 2.50. The molecular formula is C13H13ClN2O2. The van der Waals surface area contributed by atoms with Gasteiger partial charge < -0.3 is 9.73 Å². The number of amides is 1. The number of benzene rings is 1. The maximum atomic E-state index is 11.7. The Kier molecular flexibility index (Phi) is 3.99. The normalized spacial score (nSPS) is 10.3. The third-order valence-electron chi connectivity index (χ3n) is 2.36. The van der Waals surface area contributed by atoms with Crippen LogP contribution in [0.25, 0.3) is 0 Å². The van der Waals surface area contributed by atoms with Gasteiger partial charge in [-0.15, -0.1) is 0 Å². The minimum absolute atomic E-state index is 0.0897. The van der Waals surface area contributed by atoms with Gasteiger partial charge in [-0.05, 0) is 24.6 Å². The largest absolute Gasteiger partial charge is 0.444 e. The van der Waals surface area contributed by atoms with E-state index in [4.69, 9.17) is 16.0 Å². The van der Waals surface area contributed by atoms with Gasteiger partial charge in [0.2, 0.25) is 11.8 Å². The van der Waals surface area contributed by atoms with Crippen molar-refractivity contribution in [3.63, 3.8) is 0 Å². The fraction of sp³-hybridized carbons (Fsp3) is 0.231. The van der Waals surface area contributed by atoms with Gasteiger partial charge in [-0.25, -0.2) is 4.98 Å². The molecule has 0 atom stereocenters. The van der Waals surface area contributed by atoms with Crippen LogP contribution in [0.4, 0.5) is 0 Å². The van der Waals surface area contributed by atoms with Gasteiger partial charge in [0.25, 0.3) is 0 Å². The summed E-state index contributed by atoms with van der Waals surface area (Å²) in [6.07, 6.45) is 1.92. The fourth-order valence-corrected chi connectivity index (χ4v) is 1.77. The lowest BCUT2D eigenvalue weighted by atomic mass is 10.1. The number of oxazole rings is 1. The smallest absolute Gasteiger partial charge is 0.224 e. The van der Waals surface area contributed by atoms with Crippen LogP contribution in [0.1, 0.15) is 17.2 Å². The zero-order valence-electron chi connectivity index (χ0n) is 9.94. The average molecular weight is 265 g/mol. The number of hydrogen-bond acceptors (Lipinski definition) is 3. The maximum Gasteiger partial charge on any atom is 0.224 e. The molecular weight excluding hydrogens is 252 g/mol. The van der Waals surface area contributed by atoms with Crippen LogP contribution >= 0.6 is 11.6 Å². The standard InChI is InChI=1S/C13H13ClN2O2/c1-9-7-16-13(18-9)8-15-12(17)6-10-3-2-4-11(14)5-10/h2-5,7H,6,8H2,1H3,(H,15,17). The van der Waals surface area contributed by atoms with Crippen molar-refractivity contribution in [1.82, 2.24) is 10.3 Å². The van der Waals surface area contributed by atoms with Crippen molar-refractivity contribution in [2.75, 3.05) is 0 Å². The van der Waals surface area contributed by atoms with Gasteiger partial charge in [0.15, 0.2) is 0 Å². The minimum atomic E-state index is -0.0897. The third kappa shape index (κ3) is 3.60. The Bertz CT molecular complexity index is 551. The number of carbonyl (C=O) groups is 1. The number of nitrogens with zero attached hydrogens (tertiary/aromatic N) is 1. The first-order chi connectivity index (χ1) is 8.63. The van der Waals surface area contributed by atoms with Crippen molar-refractivity contribution in [3.8, 4) is 0 Å². The second kappa shape index (κ2) is 5.69. The van der Waals surface area contributed by atoms with E-state index in [2.05, 4.69) is 10.3 Å². The topological polar surface area (TPSA) is 55.1 Å². The zero-order valence-corrected chi connectivity index (χ0v) is 10.7. The maximum absolute atomic E-state index is 11.7. The molecule has 0 fully saturated rings. The molecule has 5 heteroatoms. The van der Waals surface area contributed by atoms with Crippen LogP contribution in [0, 0.1) is 6.92 Å². The van der Waals surface area contributed by atoms with E-state index in [9.17, 15) is 4.79 Å². The van der Waals surface area contributed by atoms with Crippen LogP contribution in [0.2, 0.25) is 5.02 Å². The van der Waals surface area contributed by atoms with Gasteiger partial charge in [0.05, 0.1) is 19.2 Å². The summed E-state index contributed by atoms with van der Waals surface area (Å²) in [6.45, 7) is 2.11. The van der Waals surface area contributed by atoms with E-state index in [1.165, 1.54) is 0 Å². The molecule has 0 aliphatic carbocycles.